The highest BCUT2D eigenvalue weighted by Gasteiger charge is 2.17. The zero-order chi connectivity index (χ0) is 14.2. The lowest BCUT2D eigenvalue weighted by atomic mass is 10.4. The normalized spacial score (nSPS) is 11.7. The van der Waals surface area contributed by atoms with E-state index in [2.05, 4.69) is 67.6 Å². The van der Waals surface area contributed by atoms with Crippen LogP contribution in [-0.2, 0) is 4.74 Å². The highest BCUT2D eigenvalue weighted by molar-refractivity contribution is 7.76. The molecule has 104 valence electrons. The van der Waals surface area contributed by atoms with Crippen LogP contribution in [0.25, 0.3) is 0 Å². The van der Waals surface area contributed by atoms with Crippen LogP contribution in [-0.4, -0.2) is 6.61 Å². The van der Waals surface area contributed by atoms with Crippen molar-refractivity contribution in [1.82, 2.24) is 0 Å². The molecule has 0 aliphatic heterocycles. The van der Waals surface area contributed by atoms with Crippen molar-refractivity contribution in [2.45, 2.75) is 20.3 Å². The molecule has 2 heteroatoms. The van der Waals surface area contributed by atoms with Crippen LogP contribution in [0, 0.1) is 0 Å². The Kier molecular flexibility index (Phi) is 5.83. The van der Waals surface area contributed by atoms with E-state index in [1.807, 2.05) is 13.2 Å². The van der Waals surface area contributed by atoms with Crippen LogP contribution in [0.5, 0.6) is 0 Å². The van der Waals surface area contributed by atoms with Gasteiger partial charge in [-0.3, -0.25) is 0 Å². The molecule has 0 bridgehead atoms. The molecule has 0 radical (unpaired) electrons. The first-order chi connectivity index (χ1) is 9.86. The van der Waals surface area contributed by atoms with Crippen molar-refractivity contribution in [2.75, 3.05) is 6.61 Å². The average molecular weight is 284 g/mol. The zero-order valence-electron chi connectivity index (χ0n) is 12.1. The molecule has 0 unspecified atom stereocenters. The summed E-state index contributed by atoms with van der Waals surface area (Å²) in [6.45, 7) is 4.94. The summed E-state index contributed by atoms with van der Waals surface area (Å²) in [6.07, 6.45) is 2.97. The second kappa shape index (κ2) is 7.87. The lowest BCUT2D eigenvalue weighted by Gasteiger charge is -2.21. The molecule has 0 amide bonds. The minimum Gasteiger partial charge on any atom is -0.501 e. The van der Waals surface area contributed by atoms with Gasteiger partial charge in [0, 0.05) is 0 Å². The molecule has 0 spiro atoms. The van der Waals surface area contributed by atoms with Gasteiger partial charge in [0.15, 0.2) is 0 Å². The third kappa shape index (κ3) is 3.71. The van der Waals surface area contributed by atoms with E-state index >= 15 is 0 Å². The molecule has 0 aromatic heterocycles. The van der Waals surface area contributed by atoms with E-state index in [1.54, 1.807) is 0 Å². The van der Waals surface area contributed by atoms with E-state index in [4.69, 9.17) is 4.74 Å². The summed E-state index contributed by atoms with van der Waals surface area (Å²) < 4.78 is 5.56. The van der Waals surface area contributed by atoms with Gasteiger partial charge in [0.05, 0.1) is 12.9 Å². The molecular formula is C18H21OP. The number of hydrogen-bond donors (Lipinski definition) is 0. The minimum absolute atomic E-state index is 0.490. The van der Waals surface area contributed by atoms with E-state index in [0.717, 1.165) is 13.0 Å². The van der Waals surface area contributed by atoms with Crippen molar-refractivity contribution in [3.05, 3.63) is 72.2 Å². The monoisotopic (exact) mass is 284 g/mol. The summed E-state index contributed by atoms with van der Waals surface area (Å²) in [4.78, 5) is 0. The standard InChI is InChI=1S/C18H21OP/c1-3-16(15-19-4-2)20(17-11-7-5-8-12-17)18-13-9-6-10-14-18/h5-15H,3-4H2,1-2H3/b16-15+. The van der Waals surface area contributed by atoms with Gasteiger partial charge >= 0.3 is 0 Å². The molecule has 0 saturated heterocycles. The second-order valence-corrected chi connectivity index (χ2v) is 6.70. The highest BCUT2D eigenvalue weighted by Crippen LogP contribution is 2.44. The Morgan fingerprint density at radius 3 is 1.80 bits per heavy atom. The van der Waals surface area contributed by atoms with Gasteiger partial charge in [0.2, 0.25) is 0 Å². The van der Waals surface area contributed by atoms with E-state index in [9.17, 15) is 0 Å². The quantitative estimate of drug-likeness (QED) is 0.564. The summed E-state index contributed by atoms with van der Waals surface area (Å²) in [5.74, 6) is 0. The maximum atomic E-state index is 5.56. The summed E-state index contributed by atoms with van der Waals surface area (Å²) in [5, 5.41) is 4.13. The van der Waals surface area contributed by atoms with Crippen molar-refractivity contribution < 1.29 is 4.74 Å². The Morgan fingerprint density at radius 2 is 1.40 bits per heavy atom. The topological polar surface area (TPSA) is 9.23 Å². The average Bonchev–Trinajstić information content (AvgIpc) is 2.53. The number of benzene rings is 2. The number of rotatable bonds is 6. The fraction of sp³-hybridized carbons (Fsp3) is 0.222. The van der Waals surface area contributed by atoms with Gasteiger partial charge < -0.3 is 4.74 Å². The van der Waals surface area contributed by atoms with Crippen molar-refractivity contribution in [1.29, 1.82) is 0 Å². The van der Waals surface area contributed by atoms with Gasteiger partial charge in [0.1, 0.15) is 0 Å². The Morgan fingerprint density at radius 1 is 0.900 bits per heavy atom. The molecule has 0 saturated carbocycles. The summed E-state index contributed by atoms with van der Waals surface area (Å²) in [6, 6.07) is 21.5. The smallest absolute Gasteiger partial charge is 0.0871 e. The summed E-state index contributed by atoms with van der Waals surface area (Å²) in [5.41, 5.74) is 0. The van der Waals surface area contributed by atoms with Gasteiger partial charge in [0.25, 0.3) is 0 Å². The molecule has 0 atom stereocenters. The van der Waals surface area contributed by atoms with E-state index in [-0.39, 0.29) is 0 Å². The molecule has 0 heterocycles. The zero-order valence-corrected chi connectivity index (χ0v) is 13.0. The van der Waals surface area contributed by atoms with Crippen LogP contribution in [0.4, 0.5) is 0 Å². The largest absolute Gasteiger partial charge is 0.501 e. The van der Waals surface area contributed by atoms with Gasteiger partial charge in [-0.05, 0) is 37.2 Å². The highest BCUT2D eigenvalue weighted by atomic mass is 31.1. The van der Waals surface area contributed by atoms with Gasteiger partial charge in [-0.25, -0.2) is 0 Å². The predicted octanol–water partition coefficient (Wildman–Crippen LogP) is 4.41. The maximum Gasteiger partial charge on any atom is 0.0871 e. The van der Waals surface area contributed by atoms with Crippen LogP contribution in [0.15, 0.2) is 72.2 Å². The van der Waals surface area contributed by atoms with Crippen LogP contribution in [0.3, 0.4) is 0 Å². The fourth-order valence-electron chi connectivity index (χ4n) is 2.11. The first-order valence-corrected chi connectivity index (χ1v) is 8.41. The van der Waals surface area contributed by atoms with Crippen LogP contribution in [0.1, 0.15) is 20.3 Å². The number of allylic oxidation sites excluding steroid dienone is 1. The Hall–Kier alpha value is -1.59. The van der Waals surface area contributed by atoms with Crippen LogP contribution < -0.4 is 10.6 Å². The molecule has 0 fully saturated rings. The maximum absolute atomic E-state index is 5.56. The first kappa shape index (κ1) is 14.8. The van der Waals surface area contributed by atoms with Crippen molar-refractivity contribution in [3.8, 4) is 0 Å². The Labute approximate surface area is 123 Å². The lowest BCUT2D eigenvalue weighted by Crippen LogP contribution is -2.12. The number of hydrogen-bond acceptors (Lipinski definition) is 1. The van der Waals surface area contributed by atoms with Crippen molar-refractivity contribution >= 4 is 18.5 Å². The van der Waals surface area contributed by atoms with Crippen LogP contribution >= 0.6 is 7.92 Å². The fourth-order valence-corrected chi connectivity index (χ4v) is 4.51. The second-order valence-electron chi connectivity index (χ2n) is 4.42. The van der Waals surface area contributed by atoms with E-state index in [0.29, 0.717) is 0 Å². The van der Waals surface area contributed by atoms with Crippen molar-refractivity contribution in [2.24, 2.45) is 0 Å². The summed E-state index contributed by atoms with van der Waals surface area (Å²) >= 11 is 0. The molecule has 20 heavy (non-hydrogen) atoms. The Balaban J connectivity index is 2.44. The number of ether oxygens (including phenoxy) is 1. The van der Waals surface area contributed by atoms with E-state index < -0.39 is 7.92 Å². The third-order valence-corrected chi connectivity index (χ3v) is 5.69. The predicted molar refractivity (Wildman–Crippen MR) is 89.1 cm³/mol. The lowest BCUT2D eigenvalue weighted by molar-refractivity contribution is 0.267. The summed E-state index contributed by atoms with van der Waals surface area (Å²) in [7, 11) is -0.490. The molecule has 0 N–H and O–H groups in total. The SMILES string of the molecule is CCO/C=C(\CC)P(c1ccccc1)c1ccccc1. The minimum atomic E-state index is -0.490. The van der Waals surface area contributed by atoms with Gasteiger partial charge in [-0.1, -0.05) is 67.6 Å². The molecule has 2 aromatic rings. The van der Waals surface area contributed by atoms with Gasteiger partial charge in [-0.15, -0.1) is 0 Å². The van der Waals surface area contributed by atoms with Gasteiger partial charge in [-0.2, -0.15) is 0 Å². The molecule has 1 nitrogen and oxygen atoms in total. The first-order valence-electron chi connectivity index (χ1n) is 7.07. The third-order valence-electron chi connectivity index (χ3n) is 3.06. The molecule has 2 rings (SSSR count). The van der Waals surface area contributed by atoms with Crippen LogP contribution in [0.2, 0.25) is 0 Å². The molecule has 2 aromatic carbocycles. The van der Waals surface area contributed by atoms with E-state index in [1.165, 1.54) is 15.9 Å². The molecule has 0 aliphatic rings. The Bertz CT molecular complexity index is 494. The molecule has 0 aliphatic carbocycles. The molecular weight excluding hydrogens is 263 g/mol. The van der Waals surface area contributed by atoms with Crippen molar-refractivity contribution in [3.63, 3.8) is 0 Å².